The highest BCUT2D eigenvalue weighted by Gasteiger charge is 2.00. The molecular formula is C8H11OP. The van der Waals surface area contributed by atoms with Gasteiger partial charge in [0.25, 0.3) is 0 Å². The van der Waals surface area contributed by atoms with Gasteiger partial charge in [0, 0.05) is 0 Å². The van der Waals surface area contributed by atoms with Crippen LogP contribution in [-0.4, -0.2) is 11.3 Å². The van der Waals surface area contributed by atoms with Gasteiger partial charge in [-0.05, 0) is 11.7 Å². The second kappa shape index (κ2) is 3.70. The van der Waals surface area contributed by atoms with Crippen molar-refractivity contribution in [2.45, 2.75) is 6.10 Å². The second-order valence-corrected chi connectivity index (χ2v) is 2.63. The van der Waals surface area contributed by atoms with Crippen molar-refractivity contribution in [3.63, 3.8) is 0 Å². The SMILES string of the molecule is OC(CP)c1ccccc1. The molecule has 2 atom stereocenters. The van der Waals surface area contributed by atoms with E-state index in [9.17, 15) is 5.11 Å². The Morgan fingerprint density at radius 2 is 1.90 bits per heavy atom. The molecule has 0 aliphatic rings. The van der Waals surface area contributed by atoms with E-state index in [1.807, 2.05) is 30.3 Å². The fraction of sp³-hybridized carbons (Fsp3) is 0.250. The quantitative estimate of drug-likeness (QED) is 0.641. The molecule has 0 amide bonds. The first-order valence-corrected chi connectivity index (χ1v) is 4.09. The minimum atomic E-state index is -0.328. The summed E-state index contributed by atoms with van der Waals surface area (Å²) < 4.78 is 0. The minimum Gasteiger partial charge on any atom is -0.388 e. The minimum absolute atomic E-state index is 0.328. The van der Waals surface area contributed by atoms with Crippen LogP contribution in [0.3, 0.4) is 0 Å². The Bertz CT molecular complexity index is 186. The molecule has 0 bridgehead atoms. The summed E-state index contributed by atoms with van der Waals surface area (Å²) in [5.41, 5.74) is 0.984. The standard InChI is InChI=1S/C8H11OP/c9-8(6-10)7-4-2-1-3-5-7/h1-5,8-9H,6,10H2. The molecule has 0 saturated carbocycles. The van der Waals surface area contributed by atoms with Gasteiger partial charge in [-0.15, -0.1) is 9.24 Å². The van der Waals surface area contributed by atoms with E-state index in [-0.39, 0.29) is 6.10 Å². The third kappa shape index (κ3) is 1.80. The Hall–Kier alpha value is -0.390. The van der Waals surface area contributed by atoms with Crippen LogP contribution in [0.5, 0.6) is 0 Å². The Labute approximate surface area is 63.3 Å². The highest BCUT2D eigenvalue weighted by molar-refractivity contribution is 7.16. The van der Waals surface area contributed by atoms with E-state index in [1.54, 1.807) is 0 Å². The van der Waals surface area contributed by atoms with E-state index in [4.69, 9.17) is 0 Å². The summed E-state index contributed by atoms with van der Waals surface area (Å²) in [6.07, 6.45) is 0.371. The third-order valence-electron chi connectivity index (χ3n) is 1.41. The van der Waals surface area contributed by atoms with Gasteiger partial charge in [-0.1, -0.05) is 30.3 Å². The molecule has 10 heavy (non-hydrogen) atoms. The first kappa shape index (κ1) is 7.71. The fourth-order valence-electron chi connectivity index (χ4n) is 0.811. The molecule has 1 nitrogen and oxygen atoms in total. The molecule has 2 unspecified atom stereocenters. The molecule has 0 radical (unpaired) electrons. The summed E-state index contributed by atoms with van der Waals surface area (Å²) in [4.78, 5) is 0. The van der Waals surface area contributed by atoms with Gasteiger partial charge in [0.2, 0.25) is 0 Å². The molecule has 1 aromatic carbocycles. The maximum atomic E-state index is 9.31. The van der Waals surface area contributed by atoms with Crippen LogP contribution in [0.1, 0.15) is 11.7 Å². The van der Waals surface area contributed by atoms with Crippen molar-refractivity contribution in [2.24, 2.45) is 0 Å². The van der Waals surface area contributed by atoms with Crippen LogP contribution in [0.15, 0.2) is 30.3 Å². The Balaban J connectivity index is 2.75. The molecular weight excluding hydrogens is 143 g/mol. The molecule has 1 rings (SSSR count). The molecule has 0 heterocycles. The van der Waals surface area contributed by atoms with Crippen molar-refractivity contribution in [3.05, 3.63) is 35.9 Å². The summed E-state index contributed by atoms with van der Waals surface area (Å²) in [5, 5.41) is 9.31. The molecule has 1 N–H and O–H groups in total. The number of benzene rings is 1. The van der Waals surface area contributed by atoms with E-state index in [0.29, 0.717) is 6.16 Å². The van der Waals surface area contributed by atoms with Gasteiger partial charge in [0.15, 0.2) is 0 Å². The molecule has 0 aromatic heterocycles. The van der Waals surface area contributed by atoms with Crippen LogP contribution >= 0.6 is 9.24 Å². The topological polar surface area (TPSA) is 20.2 Å². The summed E-state index contributed by atoms with van der Waals surface area (Å²) in [5.74, 6) is 0. The van der Waals surface area contributed by atoms with E-state index >= 15 is 0 Å². The monoisotopic (exact) mass is 154 g/mol. The van der Waals surface area contributed by atoms with Gasteiger partial charge < -0.3 is 5.11 Å². The fourth-order valence-corrected chi connectivity index (χ4v) is 1.08. The van der Waals surface area contributed by atoms with Gasteiger partial charge in [0.1, 0.15) is 0 Å². The lowest BCUT2D eigenvalue weighted by Crippen LogP contribution is -1.96. The Morgan fingerprint density at radius 1 is 1.30 bits per heavy atom. The van der Waals surface area contributed by atoms with Crippen molar-refractivity contribution in [2.75, 3.05) is 6.16 Å². The first-order valence-electron chi connectivity index (χ1n) is 3.27. The van der Waals surface area contributed by atoms with Crippen LogP contribution in [0.4, 0.5) is 0 Å². The average molecular weight is 154 g/mol. The Morgan fingerprint density at radius 3 is 2.40 bits per heavy atom. The van der Waals surface area contributed by atoms with Crippen molar-refractivity contribution >= 4 is 9.24 Å². The number of aliphatic hydroxyl groups is 1. The van der Waals surface area contributed by atoms with Gasteiger partial charge in [-0.3, -0.25) is 0 Å². The van der Waals surface area contributed by atoms with Gasteiger partial charge >= 0.3 is 0 Å². The maximum Gasteiger partial charge on any atom is 0.0824 e. The van der Waals surface area contributed by atoms with Gasteiger partial charge in [-0.2, -0.15) is 0 Å². The summed E-state index contributed by atoms with van der Waals surface area (Å²) in [7, 11) is 2.52. The van der Waals surface area contributed by atoms with Crippen LogP contribution in [0.25, 0.3) is 0 Å². The van der Waals surface area contributed by atoms with Crippen molar-refractivity contribution in [3.8, 4) is 0 Å². The maximum absolute atomic E-state index is 9.31. The third-order valence-corrected chi connectivity index (χ3v) is 1.85. The molecule has 2 heteroatoms. The zero-order valence-electron chi connectivity index (χ0n) is 5.70. The molecule has 0 aliphatic carbocycles. The predicted molar refractivity (Wildman–Crippen MR) is 46.0 cm³/mol. The van der Waals surface area contributed by atoms with Crippen LogP contribution in [0.2, 0.25) is 0 Å². The van der Waals surface area contributed by atoms with Crippen LogP contribution in [-0.2, 0) is 0 Å². The molecule has 0 saturated heterocycles. The van der Waals surface area contributed by atoms with Crippen molar-refractivity contribution in [1.82, 2.24) is 0 Å². The van der Waals surface area contributed by atoms with E-state index in [1.165, 1.54) is 0 Å². The molecule has 0 aliphatic heterocycles. The van der Waals surface area contributed by atoms with Gasteiger partial charge in [0.05, 0.1) is 6.10 Å². The molecule has 54 valence electrons. The summed E-state index contributed by atoms with van der Waals surface area (Å²) in [6.45, 7) is 0. The molecule has 1 aromatic rings. The highest BCUT2D eigenvalue weighted by Crippen LogP contribution is 2.13. The summed E-state index contributed by atoms with van der Waals surface area (Å²) in [6, 6.07) is 9.65. The summed E-state index contributed by atoms with van der Waals surface area (Å²) >= 11 is 0. The zero-order chi connectivity index (χ0) is 7.40. The van der Waals surface area contributed by atoms with Crippen molar-refractivity contribution in [1.29, 1.82) is 0 Å². The molecule has 0 spiro atoms. The smallest absolute Gasteiger partial charge is 0.0824 e. The second-order valence-electron chi connectivity index (χ2n) is 2.16. The molecule has 0 fully saturated rings. The lowest BCUT2D eigenvalue weighted by molar-refractivity contribution is 0.204. The van der Waals surface area contributed by atoms with Crippen LogP contribution in [0, 0.1) is 0 Å². The highest BCUT2D eigenvalue weighted by atomic mass is 31.0. The number of hydrogen-bond acceptors (Lipinski definition) is 1. The average Bonchev–Trinajstić information content (AvgIpc) is 2.05. The zero-order valence-corrected chi connectivity index (χ0v) is 6.85. The predicted octanol–water partition coefficient (Wildman–Crippen LogP) is 1.60. The van der Waals surface area contributed by atoms with E-state index < -0.39 is 0 Å². The van der Waals surface area contributed by atoms with Gasteiger partial charge in [-0.25, -0.2) is 0 Å². The van der Waals surface area contributed by atoms with Crippen molar-refractivity contribution < 1.29 is 5.11 Å². The largest absolute Gasteiger partial charge is 0.388 e. The lowest BCUT2D eigenvalue weighted by Gasteiger charge is -2.05. The number of aliphatic hydroxyl groups excluding tert-OH is 1. The normalized spacial score (nSPS) is 13.0. The number of rotatable bonds is 2. The van der Waals surface area contributed by atoms with E-state index in [2.05, 4.69) is 9.24 Å². The Kier molecular flexibility index (Phi) is 2.85. The number of hydrogen-bond donors (Lipinski definition) is 1. The lowest BCUT2D eigenvalue weighted by atomic mass is 10.1. The van der Waals surface area contributed by atoms with Crippen LogP contribution < -0.4 is 0 Å². The van der Waals surface area contributed by atoms with E-state index in [0.717, 1.165) is 5.56 Å². The first-order chi connectivity index (χ1) is 4.84.